The summed E-state index contributed by atoms with van der Waals surface area (Å²) in [4.78, 5) is 11.9. The zero-order chi connectivity index (χ0) is 16.4. The summed E-state index contributed by atoms with van der Waals surface area (Å²) in [5.74, 6) is 1.45. The second kappa shape index (κ2) is 6.07. The van der Waals surface area contributed by atoms with Gasteiger partial charge in [0.15, 0.2) is 11.5 Å². The second-order valence-corrected chi connectivity index (χ2v) is 6.91. The van der Waals surface area contributed by atoms with Gasteiger partial charge in [-0.3, -0.25) is 0 Å². The van der Waals surface area contributed by atoms with Crippen molar-refractivity contribution in [2.75, 3.05) is 20.8 Å². The number of carbonyl (C=O) groups is 1. The van der Waals surface area contributed by atoms with Crippen LogP contribution in [0, 0.1) is 0 Å². The van der Waals surface area contributed by atoms with E-state index in [0.717, 1.165) is 24.3 Å². The molecule has 5 heteroatoms. The molecule has 0 spiro atoms. The molecule has 1 fully saturated rings. The molecule has 0 unspecified atom stereocenters. The van der Waals surface area contributed by atoms with Crippen LogP contribution in [0.25, 0.3) is 0 Å². The highest BCUT2D eigenvalue weighted by atomic mass is 16.5. The van der Waals surface area contributed by atoms with Crippen molar-refractivity contribution in [3.05, 3.63) is 23.8 Å². The SMILES string of the molecule is COc1ccc(C2(CNC(=O)NC(C)(C)C)CC2)cc1OC. The summed E-state index contributed by atoms with van der Waals surface area (Å²) < 4.78 is 10.6. The Balaban J connectivity index is 2.04. The van der Waals surface area contributed by atoms with Gasteiger partial charge in [0.1, 0.15) is 0 Å². The van der Waals surface area contributed by atoms with Crippen molar-refractivity contribution < 1.29 is 14.3 Å². The van der Waals surface area contributed by atoms with E-state index in [2.05, 4.69) is 16.7 Å². The third-order valence-corrected chi connectivity index (χ3v) is 3.93. The third-order valence-electron chi connectivity index (χ3n) is 3.93. The lowest BCUT2D eigenvalue weighted by atomic mass is 9.95. The van der Waals surface area contributed by atoms with Gasteiger partial charge in [0, 0.05) is 17.5 Å². The standard InChI is InChI=1S/C17H26N2O3/c1-16(2,3)19-15(20)18-11-17(8-9-17)12-6-7-13(21-4)14(10-12)22-5/h6-7,10H,8-9,11H2,1-5H3,(H2,18,19,20). The van der Waals surface area contributed by atoms with E-state index in [1.165, 1.54) is 5.56 Å². The van der Waals surface area contributed by atoms with Crippen molar-refractivity contribution >= 4 is 6.03 Å². The van der Waals surface area contributed by atoms with Crippen molar-refractivity contribution in [1.29, 1.82) is 0 Å². The Morgan fingerprint density at radius 3 is 2.32 bits per heavy atom. The number of carbonyl (C=O) groups excluding carboxylic acids is 1. The van der Waals surface area contributed by atoms with E-state index >= 15 is 0 Å². The van der Waals surface area contributed by atoms with Crippen LogP contribution in [0.1, 0.15) is 39.2 Å². The van der Waals surface area contributed by atoms with Crippen molar-refractivity contribution in [2.45, 2.75) is 44.6 Å². The van der Waals surface area contributed by atoms with Gasteiger partial charge in [0.25, 0.3) is 0 Å². The van der Waals surface area contributed by atoms with Crippen molar-refractivity contribution in [2.24, 2.45) is 0 Å². The number of ether oxygens (including phenoxy) is 2. The highest BCUT2D eigenvalue weighted by molar-refractivity contribution is 5.74. The molecule has 0 atom stereocenters. The minimum absolute atomic E-state index is 0.0226. The second-order valence-electron chi connectivity index (χ2n) is 6.91. The highest BCUT2D eigenvalue weighted by Gasteiger charge is 2.44. The first-order chi connectivity index (χ1) is 10.3. The fraction of sp³-hybridized carbons (Fsp3) is 0.588. The normalized spacial score (nSPS) is 15.9. The molecule has 0 heterocycles. The van der Waals surface area contributed by atoms with Gasteiger partial charge in [0.2, 0.25) is 0 Å². The molecule has 5 nitrogen and oxygen atoms in total. The Labute approximate surface area is 132 Å². The van der Waals surface area contributed by atoms with Gasteiger partial charge in [-0.25, -0.2) is 4.79 Å². The van der Waals surface area contributed by atoms with Crippen molar-refractivity contribution in [3.8, 4) is 11.5 Å². The average molecular weight is 306 g/mol. The topological polar surface area (TPSA) is 59.6 Å². The molecule has 0 aliphatic heterocycles. The largest absolute Gasteiger partial charge is 0.493 e. The maximum absolute atomic E-state index is 11.9. The molecule has 1 saturated carbocycles. The summed E-state index contributed by atoms with van der Waals surface area (Å²) in [6.45, 7) is 6.53. The van der Waals surface area contributed by atoms with Crippen LogP contribution in [0.3, 0.4) is 0 Å². The maximum Gasteiger partial charge on any atom is 0.315 e. The minimum atomic E-state index is -0.232. The molecule has 0 aromatic heterocycles. The molecule has 122 valence electrons. The van der Waals surface area contributed by atoms with Crippen LogP contribution in [-0.2, 0) is 5.41 Å². The Morgan fingerprint density at radius 1 is 1.18 bits per heavy atom. The first-order valence-corrected chi connectivity index (χ1v) is 7.58. The van der Waals surface area contributed by atoms with E-state index in [0.29, 0.717) is 6.54 Å². The molecule has 1 aliphatic carbocycles. The fourth-order valence-electron chi connectivity index (χ4n) is 2.52. The van der Waals surface area contributed by atoms with Crippen LogP contribution >= 0.6 is 0 Å². The van der Waals surface area contributed by atoms with Crippen LogP contribution < -0.4 is 20.1 Å². The number of hydrogen-bond donors (Lipinski definition) is 2. The fourth-order valence-corrected chi connectivity index (χ4v) is 2.52. The summed E-state index contributed by atoms with van der Waals surface area (Å²) in [6, 6.07) is 5.86. The zero-order valence-corrected chi connectivity index (χ0v) is 14.1. The quantitative estimate of drug-likeness (QED) is 0.879. The molecular weight excluding hydrogens is 280 g/mol. The predicted molar refractivity (Wildman–Crippen MR) is 86.7 cm³/mol. The van der Waals surface area contributed by atoms with Gasteiger partial charge in [-0.1, -0.05) is 6.07 Å². The van der Waals surface area contributed by atoms with Crippen LogP contribution in [-0.4, -0.2) is 32.3 Å². The van der Waals surface area contributed by atoms with E-state index < -0.39 is 0 Å². The zero-order valence-electron chi connectivity index (χ0n) is 14.1. The summed E-state index contributed by atoms with van der Waals surface area (Å²) in [5.41, 5.74) is 0.972. The number of methoxy groups -OCH3 is 2. The molecule has 0 saturated heterocycles. The van der Waals surface area contributed by atoms with E-state index in [1.807, 2.05) is 32.9 Å². The Bertz CT molecular complexity index is 545. The first-order valence-electron chi connectivity index (χ1n) is 7.58. The summed E-state index contributed by atoms with van der Waals surface area (Å²) in [5, 5.41) is 5.90. The van der Waals surface area contributed by atoms with E-state index in [1.54, 1.807) is 14.2 Å². The minimum Gasteiger partial charge on any atom is -0.493 e. The molecule has 0 radical (unpaired) electrons. The van der Waals surface area contributed by atoms with Crippen LogP contribution in [0.2, 0.25) is 0 Å². The van der Waals surface area contributed by atoms with Gasteiger partial charge in [0.05, 0.1) is 14.2 Å². The van der Waals surface area contributed by atoms with Gasteiger partial charge in [-0.05, 0) is 51.3 Å². The predicted octanol–water partition coefficient (Wildman–Crippen LogP) is 2.83. The number of urea groups is 1. The molecule has 1 aromatic rings. The summed E-state index contributed by atoms with van der Waals surface area (Å²) >= 11 is 0. The van der Waals surface area contributed by atoms with Gasteiger partial charge in [-0.2, -0.15) is 0 Å². The highest BCUT2D eigenvalue weighted by Crippen LogP contribution is 2.49. The van der Waals surface area contributed by atoms with Crippen LogP contribution in [0.4, 0.5) is 4.79 Å². The molecule has 1 aromatic carbocycles. The number of rotatable bonds is 5. The average Bonchev–Trinajstić information content (AvgIpc) is 3.24. The maximum atomic E-state index is 11.9. The monoisotopic (exact) mass is 306 g/mol. The van der Waals surface area contributed by atoms with E-state index in [9.17, 15) is 4.79 Å². The summed E-state index contributed by atoms with van der Waals surface area (Å²) in [7, 11) is 3.26. The Kier molecular flexibility index (Phi) is 4.54. The molecule has 2 N–H and O–H groups in total. The van der Waals surface area contributed by atoms with E-state index in [-0.39, 0.29) is 17.0 Å². The third kappa shape index (κ3) is 3.84. The molecule has 22 heavy (non-hydrogen) atoms. The lowest BCUT2D eigenvalue weighted by molar-refractivity contribution is 0.231. The lowest BCUT2D eigenvalue weighted by Crippen LogP contribution is -2.48. The van der Waals surface area contributed by atoms with Crippen LogP contribution in [0.5, 0.6) is 11.5 Å². The van der Waals surface area contributed by atoms with Gasteiger partial charge in [-0.15, -0.1) is 0 Å². The lowest BCUT2D eigenvalue weighted by Gasteiger charge is -2.23. The number of amides is 2. The summed E-state index contributed by atoms with van der Waals surface area (Å²) in [6.07, 6.45) is 2.14. The first kappa shape index (κ1) is 16.5. The van der Waals surface area contributed by atoms with Gasteiger partial charge >= 0.3 is 6.03 Å². The Hall–Kier alpha value is -1.91. The van der Waals surface area contributed by atoms with Crippen LogP contribution in [0.15, 0.2) is 18.2 Å². The van der Waals surface area contributed by atoms with E-state index in [4.69, 9.17) is 9.47 Å². The van der Waals surface area contributed by atoms with Crippen molar-refractivity contribution in [3.63, 3.8) is 0 Å². The molecule has 2 amide bonds. The van der Waals surface area contributed by atoms with Gasteiger partial charge < -0.3 is 20.1 Å². The molecule has 1 aliphatic rings. The number of nitrogens with one attached hydrogen (secondary N) is 2. The molecule has 2 rings (SSSR count). The smallest absolute Gasteiger partial charge is 0.315 e. The number of hydrogen-bond acceptors (Lipinski definition) is 3. The van der Waals surface area contributed by atoms with Crippen molar-refractivity contribution in [1.82, 2.24) is 10.6 Å². The molecular formula is C17H26N2O3. The number of benzene rings is 1. The Morgan fingerprint density at radius 2 is 1.82 bits per heavy atom. The molecule has 0 bridgehead atoms.